The number of hydrogen-bond acceptors (Lipinski definition) is 3. The van der Waals surface area contributed by atoms with Crippen LogP contribution in [-0.2, 0) is 6.54 Å². The monoisotopic (exact) mass is 274 g/mol. The molecule has 0 aliphatic carbocycles. The quantitative estimate of drug-likeness (QED) is 0.860. The standard InChI is InChI=1S/C16H22N2O2/c1-2-13-7-5-6-10-17(13)11-12-18-14-8-3-4-9-15(14)20-16(18)19/h3-4,8-9,13H,2,5-7,10-12H2,1H3. The van der Waals surface area contributed by atoms with E-state index < -0.39 is 0 Å². The largest absolute Gasteiger partial charge is 0.419 e. The van der Waals surface area contributed by atoms with Crippen LogP contribution in [0.2, 0.25) is 0 Å². The van der Waals surface area contributed by atoms with E-state index in [9.17, 15) is 4.79 Å². The van der Waals surface area contributed by atoms with Crippen molar-refractivity contribution < 1.29 is 4.42 Å². The van der Waals surface area contributed by atoms with Gasteiger partial charge in [0, 0.05) is 19.1 Å². The first kappa shape index (κ1) is 13.4. The summed E-state index contributed by atoms with van der Waals surface area (Å²) in [6, 6.07) is 8.32. The highest BCUT2D eigenvalue weighted by Crippen LogP contribution is 2.19. The molecule has 4 nitrogen and oxygen atoms in total. The van der Waals surface area contributed by atoms with Crippen LogP contribution in [0.3, 0.4) is 0 Å². The number of piperidine rings is 1. The molecule has 20 heavy (non-hydrogen) atoms. The molecule has 0 amide bonds. The smallest absolute Gasteiger partial charge is 0.408 e. The molecular formula is C16H22N2O2. The molecule has 0 bridgehead atoms. The molecule has 0 spiro atoms. The first-order valence-corrected chi connectivity index (χ1v) is 7.62. The van der Waals surface area contributed by atoms with Gasteiger partial charge in [-0.25, -0.2) is 4.79 Å². The lowest BCUT2D eigenvalue weighted by molar-refractivity contribution is 0.138. The maximum Gasteiger partial charge on any atom is 0.419 e. The number of hydrogen-bond donors (Lipinski definition) is 0. The first-order valence-electron chi connectivity index (χ1n) is 7.62. The molecule has 1 aliphatic heterocycles. The summed E-state index contributed by atoms with van der Waals surface area (Å²) in [4.78, 5) is 14.5. The Labute approximate surface area is 119 Å². The summed E-state index contributed by atoms with van der Waals surface area (Å²) in [5.41, 5.74) is 1.59. The zero-order valence-corrected chi connectivity index (χ0v) is 12.0. The molecule has 1 aromatic carbocycles. The van der Waals surface area contributed by atoms with Crippen molar-refractivity contribution in [2.75, 3.05) is 13.1 Å². The molecular weight excluding hydrogens is 252 g/mol. The fourth-order valence-electron chi connectivity index (χ4n) is 3.27. The third-order valence-electron chi connectivity index (χ3n) is 4.40. The summed E-state index contributed by atoms with van der Waals surface area (Å²) in [7, 11) is 0. The van der Waals surface area contributed by atoms with Gasteiger partial charge < -0.3 is 4.42 Å². The minimum atomic E-state index is -0.240. The number of nitrogens with zero attached hydrogens (tertiary/aromatic N) is 2. The normalized spacial score (nSPS) is 20.6. The van der Waals surface area contributed by atoms with Gasteiger partial charge in [0.05, 0.1) is 5.52 Å². The minimum absolute atomic E-state index is 0.240. The average Bonchev–Trinajstić information content (AvgIpc) is 2.81. The number of likely N-dealkylation sites (tertiary alicyclic amines) is 1. The summed E-state index contributed by atoms with van der Waals surface area (Å²) in [5.74, 6) is -0.240. The molecule has 1 aliphatic rings. The SMILES string of the molecule is CCC1CCCCN1CCn1c(=O)oc2ccccc21. The van der Waals surface area contributed by atoms with Gasteiger partial charge in [0.15, 0.2) is 5.58 Å². The highest BCUT2D eigenvalue weighted by molar-refractivity contribution is 5.72. The average molecular weight is 274 g/mol. The Morgan fingerprint density at radius 1 is 1.25 bits per heavy atom. The second-order valence-electron chi connectivity index (χ2n) is 5.58. The fourth-order valence-corrected chi connectivity index (χ4v) is 3.27. The van der Waals surface area contributed by atoms with Gasteiger partial charge in [-0.15, -0.1) is 0 Å². The van der Waals surface area contributed by atoms with Crippen LogP contribution in [-0.4, -0.2) is 28.6 Å². The topological polar surface area (TPSA) is 38.4 Å². The molecule has 3 rings (SSSR count). The summed E-state index contributed by atoms with van der Waals surface area (Å²) in [6.45, 7) is 5.06. The minimum Gasteiger partial charge on any atom is -0.408 e. The number of oxazole rings is 1. The molecule has 0 saturated carbocycles. The van der Waals surface area contributed by atoms with Gasteiger partial charge in [0.1, 0.15) is 0 Å². The van der Waals surface area contributed by atoms with Crippen molar-refractivity contribution in [2.24, 2.45) is 0 Å². The zero-order valence-electron chi connectivity index (χ0n) is 12.0. The van der Waals surface area contributed by atoms with Crippen molar-refractivity contribution in [1.29, 1.82) is 0 Å². The van der Waals surface area contributed by atoms with E-state index in [2.05, 4.69) is 11.8 Å². The number of aromatic nitrogens is 1. The molecule has 0 radical (unpaired) electrons. The summed E-state index contributed by atoms with van der Waals surface area (Å²) >= 11 is 0. The van der Waals surface area contributed by atoms with Gasteiger partial charge in [-0.2, -0.15) is 0 Å². The Hall–Kier alpha value is -1.55. The molecule has 108 valence electrons. The molecule has 1 unspecified atom stereocenters. The van der Waals surface area contributed by atoms with Crippen molar-refractivity contribution in [3.8, 4) is 0 Å². The lowest BCUT2D eigenvalue weighted by Crippen LogP contribution is -2.41. The van der Waals surface area contributed by atoms with E-state index >= 15 is 0 Å². The molecule has 2 aromatic rings. The van der Waals surface area contributed by atoms with Gasteiger partial charge in [-0.3, -0.25) is 9.47 Å². The molecule has 1 aromatic heterocycles. The van der Waals surface area contributed by atoms with Crippen LogP contribution < -0.4 is 5.76 Å². The molecule has 2 heterocycles. The lowest BCUT2D eigenvalue weighted by Gasteiger charge is -2.35. The van der Waals surface area contributed by atoms with Crippen molar-refractivity contribution in [3.05, 3.63) is 34.8 Å². The van der Waals surface area contributed by atoms with Crippen molar-refractivity contribution in [2.45, 2.75) is 45.2 Å². The third kappa shape index (κ3) is 2.52. The predicted molar refractivity (Wildman–Crippen MR) is 80.0 cm³/mol. The highest BCUT2D eigenvalue weighted by atomic mass is 16.4. The molecule has 1 fully saturated rings. The number of para-hydroxylation sites is 2. The lowest BCUT2D eigenvalue weighted by atomic mass is 10.0. The van der Waals surface area contributed by atoms with E-state index in [0.717, 1.165) is 18.6 Å². The fraction of sp³-hybridized carbons (Fsp3) is 0.562. The van der Waals surface area contributed by atoms with Gasteiger partial charge >= 0.3 is 5.76 Å². The number of rotatable bonds is 4. The summed E-state index contributed by atoms with van der Waals surface area (Å²) < 4.78 is 7.04. The maximum atomic E-state index is 11.9. The molecule has 0 N–H and O–H groups in total. The van der Waals surface area contributed by atoms with Crippen molar-refractivity contribution >= 4 is 11.1 Å². The molecule has 1 saturated heterocycles. The van der Waals surface area contributed by atoms with E-state index in [1.165, 1.54) is 25.7 Å². The number of fused-ring (bicyclic) bond motifs is 1. The van der Waals surface area contributed by atoms with Crippen LogP contribution in [0.25, 0.3) is 11.1 Å². The Balaban J connectivity index is 1.76. The van der Waals surface area contributed by atoms with Crippen molar-refractivity contribution in [1.82, 2.24) is 9.47 Å². The second kappa shape index (κ2) is 5.83. The van der Waals surface area contributed by atoms with E-state index in [-0.39, 0.29) is 5.76 Å². The Morgan fingerprint density at radius 3 is 2.95 bits per heavy atom. The molecule has 4 heteroatoms. The van der Waals surface area contributed by atoms with Crippen LogP contribution >= 0.6 is 0 Å². The van der Waals surface area contributed by atoms with Crippen LogP contribution in [0, 0.1) is 0 Å². The summed E-state index contributed by atoms with van der Waals surface area (Å²) in [6.07, 6.45) is 5.10. The summed E-state index contributed by atoms with van der Waals surface area (Å²) in [5, 5.41) is 0. The predicted octanol–water partition coefficient (Wildman–Crippen LogP) is 2.86. The molecule has 1 atom stereocenters. The van der Waals surface area contributed by atoms with E-state index in [1.807, 2.05) is 24.3 Å². The van der Waals surface area contributed by atoms with Gasteiger partial charge in [-0.1, -0.05) is 25.5 Å². The van der Waals surface area contributed by atoms with E-state index in [0.29, 0.717) is 18.2 Å². The number of benzene rings is 1. The van der Waals surface area contributed by atoms with Gasteiger partial charge in [0.2, 0.25) is 0 Å². The zero-order chi connectivity index (χ0) is 13.9. The van der Waals surface area contributed by atoms with Crippen LogP contribution in [0.5, 0.6) is 0 Å². The maximum absolute atomic E-state index is 11.9. The third-order valence-corrected chi connectivity index (χ3v) is 4.40. The van der Waals surface area contributed by atoms with E-state index in [1.54, 1.807) is 4.57 Å². The van der Waals surface area contributed by atoms with E-state index in [4.69, 9.17) is 4.42 Å². The van der Waals surface area contributed by atoms with Crippen molar-refractivity contribution in [3.63, 3.8) is 0 Å². The van der Waals surface area contributed by atoms with Crippen LogP contribution in [0.15, 0.2) is 33.5 Å². The first-order chi connectivity index (χ1) is 9.79. The van der Waals surface area contributed by atoms with Crippen LogP contribution in [0.4, 0.5) is 0 Å². The van der Waals surface area contributed by atoms with Crippen LogP contribution in [0.1, 0.15) is 32.6 Å². The second-order valence-corrected chi connectivity index (χ2v) is 5.58. The Kier molecular flexibility index (Phi) is 3.92. The Bertz CT molecular complexity index is 629. The highest BCUT2D eigenvalue weighted by Gasteiger charge is 2.20. The Morgan fingerprint density at radius 2 is 2.10 bits per heavy atom. The van der Waals surface area contributed by atoms with Gasteiger partial charge in [0.25, 0.3) is 0 Å². The van der Waals surface area contributed by atoms with Gasteiger partial charge in [-0.05, 0) is 37.9 Å².